The Balaban J connectivity index is 0.00000141. The Labute approximate surface area is 183 Å². The number of H-pyrrole nitrogens is 1. The van der Waals surface area contributed by atoms with Crippen molar-refractivity contribution in [1.82, 2.24) is 20.7 Å². The number of aromatic nitrogens is 3. The van der Waals surface area contributed by atoms with Crippen molar-refractivity contribution in [1.29, 1.82) is 5.26 Å². The molecule has 32 heavy (non-hydrogen) atoms. The summed E-state index contributed by atoms with van der Waals surface area (Å²) in [6, 6.07) is 12.8. The first kappa shape index (κ1) is 22.2. The van der Waals surface area contributed by atoms with Crippen molar-refractivity contribution in [2.24, 2.45) is 16.7 Å². The Kier molecular flexibility index (Phi) is 6.62. The number of aromatic amines is 1. The van der Waals surface area contributed by atoms with Crippen molar-refractivity contribution in [3.05, 3.63) is 65.6 Å². The third kappa shape index (κ3) is 4.05. The van der Waals surface area contributed by atoms with E-state index >= 15 is 0 Å². The minimum Gasteiger partial charge on any atom is -0.508 e. The maximum Gasteiger partial charge on any atom is 0.156 e. The second-order valence-corrected chi connectivity index (χ2v) is 6.32. The molecule has 9 nitrogen and oxygen atoms in total. The number of nitriles is 1. The number of rotatable bonds is 4. The lowest BCUT2D eigenvalue weighted by atomic mass is 9.93. The Morgan fingerprint density at radius 1 is 1.22 bits per heavy atom. The number of phenols is 1. The number of hydrogen-bond donors (Lipinski definition) is 5. The van der Waals surface area contributed by atoms with Gasteiger partial charge < -0.3 is 10.8 Å². The summed E-state index contributed by atoms with van der Waals surface area (Å²) < 4.78 is 14.5. The molecule has 2 aromatic heterocycles. The monoisotopic (exact) mass is 432 g/mol. The first-order valence-corrected chi connectivity index (χ1v) is 9.69. The Bertz CT molecular complexity index is 1320. The zero-order chi connectivity index (χ0) is 23.3. The van der Waals surface area contributed by atoms with E-state index in [2.05, 4.69) is 31.9 Å². The van der Waals surface area contributed by atoms with Crippen LogP contribution in [0.25, 0.3) is 33.4 Å². The van der Waals surface area contributed by atoms with Crippen LogP contribution in [0.5, 0.6) is 5.75 Å². The Morgan fingerprint density at radius 3 is 2.56 bits per heavy atom. The summed E-state index contributed by atoms with van der Waals surface area (Å²) in [5.74, 6) is 4.43. The first-order chi connectivity index (χ1) is 15.5. The third-order valence-corrected chi connectivity index (χ3v) is 4.57. The summed E-state index contributed by atoms with van der Waals surface area (Å²) in [5.41, 5.74) is 10.6. The van der Waals surface area contributed by atoms with E-state index in [-0.39, 0.29) is 28.4 Å². The number of phenolic OH excluding ortho intramolecular Hbond substituents is 1. The van der Waals surface area contributed by atoms with Crippen molar-refractivity contribution in [2.75, 3.05) is 0 Å². The number of nitrogens with one attached hydrogen (secondary N) is 2. The number of halogens is 1. The summed E-state index contributed by atoms with van der Waals surface area (Å²) in [7, 11) is 0. The minimum absolute atomic E-state index is 0.0871. The van der Waals surface area contributed by atoms with Crippen LogP contribution in [0.2, 0.25) is 0 Å². The molecule has 0 aliphatic rings. The number of amidine groups is 1. The highest BCUT2D eigenvalue weighted by molar-refractivity contribution is 6.01. The molecule has 0 bridgehead atoms. The number of pyridine rings is 1. The number of hydrogen-bond acceptors (Lipinski definition) is 7. The second-order valence-electron chi connectivity index (χ2n) is 6.32. The molecule has 2 aromatic carbocycles. The number of benzene rings is 2. The molecule has 0 spiro atoms. The van der Waals surface area contributed by atoms with Crippen LogP contribution >= 0.6 is 0 Å². The topological polar surface area (TPSA) is 162 Å². The molecule has 0 aliphatic carbocycles. The fourth-order valence-corrected chi connectivity index (χ4v) is 3.21. The summed E-state index contributed by atoms with van der Waals surface area (Å²) >= 11 is 0. The van der Waals surface area contributed by atoms with E-state index in [0.717, 1.165) is 6.07 Å². The second kappa shape index (κ2) is 9.55. The minimum atomic E-state index is -0.697. The van der Waals surface area contributed by atoms with Gasteiger partial charge in [0.15, 0.2) is 11.5 Å². The van der Waals surface area contributed by atoms with Gasteiger partial charge in [-0.2, -0.15) is 10.4 Å². The molecule has 4 aromatic rings. The van der Waals surface area contributed by atoms with Gasteiger partial charge in [-0.1, -0.05) is 38.1 Å². The summed E-state index contributed by atoms with van der Waals surface area (Å²) in [6.45, 7) is 4.00. The average molecular weight is 432 g/mol. The van der Waals surface area contributed by atoms with Crippen LogP contribution < -0.4 is 17.1 Å². The van der Waals surface area contributed by atoms with E-state index in [9.17, 15) is 14.8 Å². The van der Waals surface area contributed by atoms with E-state index in [1.54, 1.807) is 30.5 Å². The maximum absolute atomic E-state index is 14.5. The van der Waals surface area contributed by atoms with Gasteiger partial charge >= 0.3 is 0 Å². The van der Waals surface area contributed by atoms with Gasteiger partial charge in [0, 0.05) is 28.1 Å². The predicted octanol–water partition coefficient (Wildman–Crippen LogP) is 3.12. The summed E-state index contributed by atoms with van der Waals surface area (Å²) in [5, 5.41) is 30.5. The molecular formula is C22H21FN8O. The predicted molar refractivity (Wildman–Crippen MR) is 120 cm³/mol. The Hall–Kier alpha value is -4.49. The maximum atomic E-state index is 14.5. The fraction of sp³-hybridized carbons (Fsp3) is 0.0909. The largest absolute Gasteiger partial charge is 0.508 e. The van der Waals surface area contributed by atoms with E-state index in [1.807, 2.05) is 13.8 Å². The van der Waals surface area contributed by atoms with Gasteiger partial charge in [-0.05, 0) is 17.7 Å². The van der Waals surface area contributed by atoms with Crippen LogP contribution in [-0.2, 0) is 0 Å². The van der Waals surface area contributed by atoms with Crippen molar-refractivity contribution in [3.63, 3.8) is 0 Å². The number of hydrazine groups is 1. The third-order valence-electron chi connectivity index (χ3n) is 4.57. The lowest BCUT2D eigenvalue weighted by Crippen LogP contribution is -2.22. The van der Waals surface area contributed by atoms with E-state index in [4.69, 9.17) is 11.6 Å². The molecule has 0 unspecified atom stereocenters. The number of nitrogens with zero attached hydrogens (tertiary/aromatic N) is 4. The molecule has 2 heterocycles. The van der Waals surface area contributed by atoms with Gasteiger partial charge in [-0.25, -0.2) is 20.8 Å². The van der Waals surface area contributed by atoms with Gasteiger partial charge in [0.2, 0.25) is 0 Å². The molecule has 0 atom stereocenters. The molecule has 4 rings (SSSR count). The molecule has 0 aliphatic heterocycles. The van der Waals surface area contributed by atoms with Crippen molar-refractivity contribution < 1.29 is 9.50 Å². The van der Waals surface area contributed by atoms with Crippen molar-refractivity contribution in [3.8, 4) is 34.2 Å². The average Bonchev–Trinajstić information content (AvgIpc) is 3.28. The summed E-state index contributed by atoms with van der Waals surface area (Å²) in [6.07, 6.45) is 1.55. The number of fused-ring (bicyclic) bond motifs is 1. The van der Waals surface area contributed by atoms with Crippen LogP contribution in [0.4, 0.5) is 4.39 Å². The zero-order valence-corrected chi connectivity index (χ0v) is 17.4. The van der Waals surface area contributed by atoms with Crippen LogP contribution in [0.15, 0.2) is 53.8 Å². The highest BCUT2D eigenvalue weighted by Gasteiger charge is 2.21. The highest BCUT2D eigenvalue weighted by Crippen LogP contribution is 2.37. The van der Waals surface area contributed by atoms with Gasteiger partial charge in [0.25, 0.3) is 0 Å². The molecule has 0 saturated heterocycles. The fourth-order valence-electron chi connectivity index (χ4n) is 3.21. The molecular weight excluding hydrogens is 411 g/mol. The number of aromatic hydroxyl groups is 1. The zero-order valence-electron chi connectivity index (χ0n) is 17.4. The van der Waals surface area contributed by atoms with Crippen LogP contribution in [-0.4, -0.2) is 26.1 Å². The molecule has 0 radical (unpaired) electrons. The van der Waals surface area contributed by atoms with Crippen LogP contribution in [0, 0.1) is 17.1 Å². The highest BCUT2D eigenvalue weighted by atomic mass is 19.1. The molecule has 0 saturated carbocycles. The molecule has 0 fully saturated rings. The number of hydrazone groups is 1. The SMILES string of the molecule is CC.N#Cc1c(-c2ccc(O)cc2F)nc2[nH]ncc2c1-c1ccc(/C(N)=N/NN)cc1. The van der Waals surface area contributed by atoms with Gasteiger partial charge in [-0.3, -0.25) is 5.10 Å². The van der Waals surface area contributed by atoms with Crippen molar-refractivity contribution >= 4 is 16.9 Å². The molecule has 10 heteroatoms. The van der Waals surface area contributed by atoms with E-state index in [1.165, 1.54) is 12.1 Å². The molecule has 7 N–H and O–H groups in total. The standard InChI is InChI=1S/C20H15FN8O.C2H6/c21-16-7-12(30)5-6-13(16)18-14(8-22)17(15-9-25-28-20(15)26-18)10-1-3-11(4-2-10)19(23)27-29-24;1-2/h1-7,9,29-30H,24H2,(H2,23,27)(H,25,26,28);1-2H3. The van der Waals surface area contributed by atoms with Crippen molar-refractivity contribution in [2.45, 2.75) is 13.8 Å². The normalized spacial score (nSPS) is 10.9. The van der Waals surface area contributed by atoms with Crippen LogP contribution in [0.1, 0.15) is 25.0 Å². The van der Waals surface area contributed by atoms with Crippen LogP contribution in [0.3, 0.4) is 0 Å². The van der Waals surface area contributed by atoms with Gasteiger partial charge in [0.1, 0.15) is 17.6 Å². The summed E-state index contributed by atoms with van der Waals surface area (Å²) in [4.78, 5) is 4.40. The smallest absolute Gasteiger partial charge is 0.156 e. The first-order valence-electron chi connectivity index (χ1n) is 9.69. The quantitative estimate of drug-likeness (QED) is 0.143. The molecule has 162 valence electrons. The molecule has 0 amide bonds. The Morgan fingerprint density at radius 2 is 1.94 bits per heavy atom. The van der Waals surface area contributed by atoms with Gasteiger partial charge in [0.05, 0.1) is 17.5 Å². The number of nitrogens with two attached hydrogens (primary N) is 2. The van der Waals surface area contributed by atoms with E-state index in [0.29, 0.717) is 27.7 Å². The van der Waals surface area contributed by atoms with E-state index < -0.39 is 5.82 Å². The lowest BCUT2D eigenvalue weighted by Gasteiger charge is -2.12. The lowest BCUT2D eigenvalue weighted by molar-refractivity contribution is 0.469. The van der Waals surface area contributed by atoms with Gasteiger partial charge in [-0.15, -0.1) is 5.10 Å².